The molecule has 0 radical (unpaired) electrons. The second-order valence-electron chi connectivity index (χ2n) is 5.12. The van der Waals surface area contributed by atoms with Gasteiger partial charge in [-0.15, -0.1) is 0 Å². The monoisotopic (exact) mass is 299 g/mol. The normalized spacial score (nSPS) is 17.1. The van der Waals surface area contributed by atoms with Crippen molar-refractivity contribution in [2.45, 2.75) is 6.10 Å². The van der Waals surface area contributed by atoms with Gasteiger partial charge in [0, 0.05) is 7.05 Å². The number of para-hydroxylation sites is 3. The second-order valence-corrected chi connectivity index (χ2v) is 5.53. The summed E-state index contributed by atoms with van der Waals surface area (Å²) in [5.41, 5.74) is 2.85. The van der Waals surface area contributed by atoms with Gasteiger partial charge < -0.3 is 14.6 Å². The van der Waals surface area contributed by atoms with Crippen LogP contribution in [0.5, 0.6) is 5.75 Å². The number of hydrogen-bond donors (Lipinski definition) is 1. The van der Waals surface area contributed by atoms with Gasteiger partial charge in [0.25, 0.3) is 0 Å². The zero-order chi connectivity index (χ0) is 14.4. The van der Waals surface area contributed by atoms with Crippen LogP contribution in [0, 0.1) is 0 Å². The van der Waals surface area contributed by atoms with E-state index in [-0.39, 0.29) is 6.10 Å². The first-order valence-corrected chi connectivity index (χ1v) is 7.22. The van der Waals surface area contributed by atoms with Gasteiger partial charge in [0.05, 0.1) is 28.3 Å². The summed E-state index contributed by atoms with van der Waals surface area (Å²) in [6.45, 7) is 0.686. The van der Waals surface area contributed by atoms with E-state index in [0.717, 1.165) is 28.3 Å². The van der Waals surface area contributed by atoms with Crippen LogP contribution in [-0.2, 0) is 7.05 Å². The maximum absolute atomic E-state index is 6.28. The van der Waals surface area contributed by atoms with Crippen LogP contribution in [-0.4, -0.2) is 16.1 Å². The smallest absolute Gasteiger partial charge is 0.173 e. The van der Waals surface area contributed by atoms with Crippen molar-refractivity contribution in [2.24, 2.45) is 7.05 Å². The molecule has 0 saturated heterocycles. The van der Waals surface area contributed by atoms with Crippen molar-refractivity contribution in [1.82, 2.24) is 9.55 Å². The van der Waals surface area contributed by atoms with Gasteiger partial charge >= 0.3 is 0 Å². The molecule has 0 bridgehead atoms. The minimum atomic E-state index is -0.131. The molecule has 0 spiro atoms. The van der Waals surface area contributed by atoms with E-state index in [4.69, 9.17) is 16.3 Å². The van der Waals surface area contributed by atoms with Crippen molar-refractivity contribution in [2.75, 3.05) is 11.9 Å². The van der Waals surface area contributed by atoms with Crippen LogP contribution in [0.25, 0.3) is 11.0 Å². The Bertz CT molecular complexity index is 828. The number of benzene rings is 2. The fraction of sp³-hybridized carbons (Fsp3) is 0.188. The summed E-state index contributed by atoms with van der Waals surface area (Å²) in [7, 11) is 1.97. The first-order chi connectivity index (χ1) is 10.2. The quantitative estimate of drug-likeness (QED) is 0.743. The third-order valence-corrected chi connectivity index (χ3v) is 4.11. The summed E-state index contributed by atoms with van der Waals surface area (Å²) in [6.07, 6.45) is -0.131. The number of halogens is 1. The fourth-order valence-electron chi connectivity index (χ4n) is 2.78. The molecule has 5 heteroatoms. The van der Waals surface area contributed by atoms with E-state index in [2.05, 4.69) is 10.3 Å². The number of nitrogens with one attached hydrogen (secondary N) is 1. The Morgan fingerprint density at radius 3 is 2.95 bits per heavy atom. The topological polar surface area (TPSA) is 39.1 Å². The molecule has 0 aliphatic carbocycles. The summed E-state index contributed by atoms with van der Waals surface area (Å²) >= 11 is 6.28. The van der Waals surface area contributed by atoms with Crippen LogP contribution in [0.2, 0.25) is 5.02 Å². The van der Waals surface area contributed by atoms with Crippen molar-refractivity contribution in [3.8, 4) is 5.75 Å². The summed E-state index contributed by atoms with van der Waals surface area (Å²) in [6, 6.07) is 13.7. The number of nitrogens with zero attached hydrogens (tertiary/aromatic N) is 2. The number of hydrogen-bond acceptors (Lipinski definition) is 3. The van der Waals surface area contributed by atoms with Gasteiger partial charge in [-0.3, -0.25) is 0 Å². The standard InChI is InChI=1S/C16H14ClN3O/c1-20-15-10(17)5-4-7-12(15)19-16(20)14-9-18-11-6-2-3-8-13(11)21-14/h2-8,14,18H,9H2,1H3. The molecular weight excluding hydrogens is 286 g/mol. The van der Waals surface area contributed by atoms with E-state index >= 15 is 0 Å². The molecule has 2 aromatic carbocycles. The Balaban J connectivity index is 1.78. The predicted molar refractivity (Wildman–Crippen MR) is 84.0 cm³/mol. The van der Waals surface area contributed by atoms with Crippen molar-refractivity contribution >= 4 is 28.3 Å². The molecule has 1 aromatic heterocycles. The molecule has 1 unspecified atom stereocenters. The highest BCUT2D eigenvalue weighted by atomic mass is 35.5. The average Bonchev–Trinajstić information content (AvgIpc) is 2.85. The first kappa shape index (κ1) is 12.5. The van der Waals surface area contributed by atoms with Crippen LogP contribution >= 0.6 is 11.6 Å². The third-order valence-electron chi connectivity index (χ3n) is 3.80. The lowest BCUT2D eigenvalue weighted by atomic mass is 10.2. The van der Waals surface area contributed by atoms with E-state index in [9.17, 15) is 0 Å². The molecule has 0 fully saturated rings. The molecule has 106 valence electrons. The number of ether oxygens (including phenoxy) is 1. The number of imidazole rings is 1. The minimum absolute atomic E-state index is 0.131. The number of anilines is 1. The molecule has 1 N–H and O–H groups in total. The van der Waals surface area contributed by atoms with E-state index in [1.807, 2.05) is 54.1 Å². The molecule has 21 heavy (non-hydrogen) atoms. The molecule has 3 aromatic rings. The average molecular weight is 300 g/mol. The molecule has 4 nitrogen and oxygen atoms in total. The summed E-state index contributed by atoms with van der Waals surface area (Å²) in [5, 5.41) is 4.09. The van der Waals surface area contributed by atoms with Crippen molar-refractivity contribution < 1.29 is 4.74 Å². The molecule has 1 aliphatic rings. The van der Waals surface area contributed by atoms with Gasteiger partial charge in [0.1, 0.15) is 5.75 Å². The Hall–Kier alpha value is -2.20. The second kappa shape index (κ2) is 4.67. The highest BCUT2D eigenvalue weighted by Gasteiger charge is 2.25. The van der Waals surface area contributed by atoms with Crippen LogP contribution < -0.4 is 10.1 Å². The number of fused-ring (bicyclic) bond motifs is 2. The maximum atomic E-state index is 6.28. The van der Waals surface area contributed by atoms with E-state index < -0.39 is 0 Å². The highest BCUT2D eigenvalue weighted by Crippen LogP contribution is 2.35. The summed E-state index contributed by atoms with van der Waals surface area (Å²) < 4.78 is 8.09. The largest absolute Gasteiger partial charge is 0.478 e. The van der Waals surface area contributed by atoms with Gasteiger partial charge in [0.2, 0.25) is 0 Å². The Labute approximate surface area is 127 Å². The fourth-order valence-corrected chi connectivity index (χ4v) is 3.08. The molecule has 1 aliphatic heterocycles. The lowest BCUT2D eigenvalue weighted by Crippen LogP contribution is -2.25. The van der Waals surface area contributed by atoms with Gasteiger partial charge in [-0.2, -0.15) is 0 Å². The van der Waals surface area contributed by atoms with Gasteiger partial charge in [-0.05, 0) is 24.3 Å². The first-order valence-electron chi connectivity index (χ1n) is 6.84. The van der Waals surface area contributed by atoms with Crippen molar-refractivity contribution in [1.29, 1.82) is 0 Å². The van der Waals surface area contributed by atoms with Crippen molar-refractivity contribution in [3.05, 3.63) is 53.3 Å². The van der Waals surface area contributed by atoms with Crippen LogP contribution in [0.4, 0.5) is 5.69 Å². The number of aromatic nitrogens is 2. The molecule has 2 heterocycles. The van der Waals surface area contributed by atoms with Gasteiger partial charge in [0.15, 0.2) is 11.9 Å². The molecule has 0 amide bonds. The lowest BCUT2D eigenvalue weighted by Gasteiger charge is -2.26. The van der Waals surface area contributed by atoms with Crippen LogP contribution in [0.15, 0.2) is 42.5 Å². The number of rotatable bonds is 1. The van der Waals surface area contributed by atoms with Gasteiger partial charge in [-0.25, -0.2) is 4.98 Å². The summed E-state index contributed by atoms with van der Waals surface area (Å²) in [5.74, 6) is 1.73. The van der Waals surface area contributed by atoms with Crippen LogP contribution in [0.3, 0.4) is 0 Å². The maximum Gasteiger partial charge on any atom is 0.173 e. The zero-order valence-corrected chi connectivity index (χ0v) is 12.3. The molecule has 0 saturated carbocycles. The Morgan fingerprint density at radius 2 is 2.10 bits per heavy atom. The lowest BCUT2D eigenvalue weighted by molar-refractivity contribution is 0.197. The van der Waals surface area contributed by atoms with E-state index in [0.29, 0.717) is 11.6 Å². The molecular formula is C16H14ClN3O. The number of aryl methyl sites for hydroxylation is 1. The highest BCUT2D eigenvalue weighted by molar-refractivity contribution is 6.35. The van der Waals surface area contributed by atoms with E-state index in [1.165, 1.54) is 0 Å². The third kappa shape index (κ3) is 1.94. The Kier molecular flexibility index (Phi) is 2.79. The predicted octanol–water partition coefficient (Wildman–Crippen LogP) is 3.77. The van der Waals surface area contributed by atoms with Crippen molar-refractivity contribution in [3.63, 3.8) is 0 Å². The molecule has 1 atom stereocenters. The Morgan fingerprint density at radius 1 is 1.24 bits per heavy atom. The summed E-state index contributed by atoms with van der Waals surface area (Å²) in [4.78, 5) is 4.68. The van der Waals surface area contributed by atoms with E-state index in [1.54, 1.807) is 0 Å². The SMILES string of the molecule is Cn1c(C2CNc3ccccc3O2)nc2cccc(Cl)c21. The minimum Gasteiger partial charge on any atom is -0.478 e. The zero-order valence-electron chi connectivity index (χ0n) is 11.5. The van der Waals surface area contributed by atoms with Gasteiger partial charge in [-0.1, -0.05) is 29.8 Å². The molecule has 4 rings (SSSR count). The van der Waals surface area contributed by atoms with Crippen LogP contribution in [0.1, 0.15) is 11.9 Å².